The van der Waals surface area contributed by atoms with E-state index in [1.807, 2.05) is 0 Å². The van der Waals surface area contributed by atoms with Crippen LogP contribution in [-0.4, -0.2) is 28.9 Å². The summed E-state index contributed by atoms with van der Waals surface area (Å²) in [5, 5.41) is 8.51. The van der Waals surface area contributed by atoms with Gasteiger partial charge in [0.25, 0.3) is 0 Å². The van der Waals surface area contributed by atoms with Crippen LogP contribution in [0.4, 0.5) is 0 Å². The number of carboxylic acids is 1. The Labute approximate surface area is 89.1 Å². The minimum atomic E-state index is -1.02. The molecule has 0 heterocycles. The fraction of sp³-hybridized carbons (Fsp3) is 0.600. The number of hydrogen-bond donors (Lipinski definition) is 3. The smallest absolute Gasteiger partial charge is 0.320 e. The first kappa shape index (κ1) is 13.8. The molecule has 0 spiro atoms. The van der Waals surface area contributed by atoms with Crippen molar-refractivity contribution in [2.45, 2.75) is 38.3 Å². The van der Waals surface area contributed by atoms with Crippen molar-refractivity contribution in [3.05, 3.63) is 12.2 Å². The Hall–Kier alpha value is -1.20. The van der Waals surface area contributed by atoms with Crippen LogP contribution < -0.4 is 11.5 Å². The Morgan fingerprint density at radius 1 is 1.27 bits per heavy atom. The molecular formula is C10H18N2O3. The lowest BCUT2D eigenvalue weighted by Crippen LogP contribution is -2.32. The molecule has 0 radical (unpaired) electrons. The Balaban J connectivity index is 3.77. The number of carbonyl (C=O) groups is 2. The zero-order valence-electron chi connectivity index (χ0n) is 8.85. The standard InChI is InChI=1S/C10H18N2O3/c1-2-4-9(13)7(11)5-3-6-8(12)10(14)15/h2,4,7-8H,3,5-6,11-12H2,1H3,(H,14,15). The first-order valence-electron chi connectivity index (χ1n) is 4.89. The summed E-state index contributed by atoms with van der Waals surface area (Å²) >= 11 is 0. The van der Waals surface area contributed by atoms with Gasteiger partial charge in [0.05, 0.1) is 6.04 Å². The van der Waals surface area contributed by atoms with Gasteiger partial charge < -0.3 is 16.6 Å². The normalized spacial score (nSPS) is 15.1. The molecule has 0 rings (SSSR count). The van der Waals surface area contributed by atoms with Crippen LogP contribution in [-0.2, 0) is 9.59 Å². The summed E-state index contributed by atoms with van der Waals surface area (Å²) in [5.41, 5.74) is 10.9. The van der Waals surface area contributed by atoms with Gasteiger partial charge in [0, 0.05) is 0 Å². The molecule has 0 aliphatic carbocycles. The molecule has 0 aromatic heterocycles. The molecule has 86 valence electrons. The van der Waals surface area contributed by atoms with Gasteiger partial charge >= 0.3 is 5.97 Å². The zero-order chi connectivity index (χ0) is 11.8. The van der Waals surface area contributed by atoms with E-state index in [-0.39, 0.29) is 5.78 Å². The Bertz CT molecular complexity index is 251. The van der Waals surface area contributed by atoms with Crippen molar-refractivity contribution in [1.29, 1.82) is 0 Å². The monoisotopic (exact) mass is 214 g/mol. The van der Waals surface area contributed by atoms with Crippen molar-refractivity contribution >= 4 is 11.8 Å². The predicted octanol–water partition coefficient (Wildman–Crippen LogP) is 0.0411. The summed E-state index contributed by atoms with van der Waals surface area (Å²) < 4.78 is 0. The molecule has 0 aliphatic heterocycles. The van der Waals surface area contributed by atoms with Gasteiger partial charge in [-0.1, -0.05) is 6.08 Å². The van der Waals surface area contributed by atoms with Crippen LogP contribution in [0.25, 0.3) is 0 Å². The summed E-state index contributed by atoms with van der Waals surface area (Å²) in [6, 6.07) is -1.42. The van der Waals surface area contributed by atoms with Crippen molar-refractivity contribution in [3.63, 3.8) is 0 Å². The van der Waals surface area contributed by atoms with Crippen molar-refractivity contribution in [2.24, 2.45) is 11.5 Å². The molecule has 5 N–H and O–H groups in total. The SMILES string of the molecule is CC=CC(=O)C(N)CCCC(N)C(=O)O. The van der Waals surface area contributed by atoms with Crippen LogP contribution in [0.1, 0.15) is 26.2 Å². The Morgan fingerprint density at radius 3 is 2.27 bits per heavy atom. The van der Waals surface area contributed by atoms with Gasteiger partial charge in [-0.25, -0.2) is 0 Å². The third-order valence-corrected chi connectivity index (χ3v) is 2.04. The molecule has 0 aliphatic rings. The van der Waals surface area contributed by atoms with Crippen LogP contribution in [0.2, 0.25) is 0 Å². The molecule has 0 aromatic carbocycles. The third-order valence-electron chi connectivity index (χ3n) is 2.04. The average molecular weight is 214 g/mol. The molecule has 0 amide bonds. The number of rotatable bonds is 7. The molecule has 2 unspecified atom stereocenters. The summed E-state index contributed by atoms with van der Waals surface area (Å²) in [6.07, 6.45) is 4.39. The lowest BCUT2D eigenvalue weighted by molar-refractivity contribution is -0.138. The maximum Gasteiger partial charge on any atom is 0.320 e. The van der Waals surface area contributed by atoms with Gasteiger partial charge in [-0.05, 0) is 32.3 Å². The fourth-order valence-corrected chi connectivity index (χ4v) is 1.11. The van der Waals surface area contributed by atoms with E-state index in [0.29, 0.717) is 19.3 Å². The highest BCUT2D eigenvalue weighted by Gasteiger charge is 2.14. The van der Waals surface area contributed by atoms with Crippen LogP contribution in [0.3, 0.4) is 0 Å². The number of hydrogen-bond acceptors (Lipinski definition) is 4. The van der Waals surface area contributed by atoms with Crippen molar-refractivity contribution in [2.75, 3.05) is 0 Å². The predicted molar refractivity (Wildman–Crippen MR) is 57.3 cm³/mol. The number of aliphatic carboxylic acids is 1. The second-order valence-electron chi connectivity index (χ2n) is 3.38. The van der Waals surface area contributed by atoms with Crippen LogP contribution >= 0.6 is 0 Å². The second kappa shape index (κ2) is 7.14. The minimum absolute atomic E-state index is 0.138. The molecule has 0 fully saturated rings. The number of allylic oxidation sites excluding steroid dienone is 1. The number of carbonyl (C=O) groups excluding carboxylic acids is 1. The highest BCUT2D eigenvalue weighted by molar-refractivity contribution is 5.93. The summed E-state index contributed by atoms with van der Waals surface area (Å²) in [5.74, 6) is -1.16. The van der Waals surface area contributed by atoms with Crippen molar-refractivity contribution in [1.82, 2.24) is 0 Å². The Kier molecular flexibility index (Phi) is 6.57. The number of ketones is 1. The average Bonchev–Trinajstić information content (AvgIpc) is 2.17. The lowest BCUT2D eigenvalue weighted by Gasteiger charge is -2.09. The van der Waals surface area contributed by atoms with Gasteiger partial charge in [0.15, 0.2) is 5.78 Å². The van der Waals surface area contributed by atoms with E-state index < -0.39 is 18.1 Å². The highest BCUT2D eigenvalue weighted by atomic mass is 16.4. The Morgan fingerprint density at radius 2 is 1.80 bits per heavy atom. The lowest BCUT2D eigenvalue weighted by atomic mass is 10.0. The van der Waals surface area contributed by atoms with Gasteiger partial charge in [-0.15, -0.1) is 0 Å². The molecule has 0 aromatic rings. The molecule has 5 heteroatoms. The van der Waals surface area contributed by atoms with Gasteiger partial charge in [-0.3, -0.25) is 9.59 Å². The summed E-state index contributed by atoms with van der Waals surface area (Å²) in [7, 11) is 0. The molecule has 0 saturated carbocycles. The van der Waals surface area contributed by atoms with E-state index in [9.17, 15) is 9.59 Å². The van der Waals surface area contributed by atoms with E-state index in [1.54, 1.807) is 13.0 Å². The van der Waals surface area contributed by atoms with Crippen LogP contribution in [0, 0.1) is 0 Å². The van der Waals surface area contributed by atoms with E-state index in [4.69, 9.17) is 16.6 Å². The van der Waals surface area contributed by atoms with Crippen LogP contribution in [0.5, 0.6) is 0 Å². The van der Waals surface area contributed by atoms with Crippen molar-refractivity contribution < 1.29 is 14.7 Å². The quantitative estimate of drug-likeness (QED) is 0.519. The van der Waals surface area contributed by atoms with Crippen molar-refractivity contribution in [3.8, 4) is 0 Å². The number of carboxylic acid groups (broad SMARTS) is 1. The van der Waals surface area contributed by atoms with E-state index in [1.165, 1.54) is 6.08 Å². The zero-order valence-corrected chi connectivity index (χ0v) is 8.85. The fourth-order valence-electron chi connectivity index (χ4n) is 1.11. The van der Waals surface area contributed by atoms with E-state index >= 15 is 0 Å². The maximum absolute atomic E-state index is 11.2. The summed E-state index contributed by atoms with van der Waals surface area (Å²) in [6.45, 7) is 1.74. The molecule has 0 saturated heterocycles. The maximum atomic E-state index is 11.2. The topological polar surface area (TPSA) is 106 Å². The minimum Gasteiger partial charge on any atom is -0.480 e. The van der Waals surface area contributed by atoms with Gasteiger partial charge in [-0.2, -0.15) is 0 Å². The van der Waals surface area contributed by atoms with E-state index in [0.717, 1.165) is 0 Å². The second-order valence-corrected chi connectivity index (χ2v) is 3.38. The first-order chi connectivity index (χ1) is 6.99. The molecular weight excluding hydrogens is 196 g/mol. The first-order valence-corrected chi connectivity index (χ1v) is 4.89. The highest BCUT2D eigenvalue weighted by Crippen LogP contribution is 2.03. The molecule has 5 nitrogen and oxygen atoms in total. The van der Waals surface area contributed by atoms with Gasteiger partial charge in [0.2, 0.25) is 0 Å². The largest absolute Gasteiger partial charge is 0.480 e. The van der Waals surface area contributed by atoms with E-state index in [2.05, 4.69) is 0 Å². The molecule has 2 atom stereocenters. The third kappa shape index (κ3) is 5.98. The van der Waals surface area contributed by atoms with Crippen LogP contribution in [0.15, 0.2) is 12.2 Å². The summed E-state index contributed by atoms with van der Waals surface area (Å²) in [4.78, 5) is 21.6. The number of nitrogens with two attached hydrogens (primary N) is 2. The molecule has 15 heavy (non-hydrogen) atoms. The molecule has 0 bridgehead atoms. The van der Waals surface area contributed by atoms with Gasteiger partial charge in [0.1, 0.15) is 6.04 Å².